The number of hydrogen-bond donors (Lipinski definition) is 1. The molecular formula is C22H25N5. The van der Waals surface area contributed by atoms with Gasteiger partial charge in [-0.3, -0.25) is 4.90 Å². The summed E-state index contributed by atoms with van der Waals surface area (Å²) in [6.45, 7) is 3.13. The summed E-state index contributed by atoms with van der Waals surface area (Å²) in [5.41, 5.74) is 8.41. The normalized spacial score (nSPS) is 15.6. The van der Waals surface area contributed by atoms with Crippen molar-refractivity contribution < 1.29 is 0 Å². The second-order valence-electron chi connectivity index (χ2n) is 6.98. The fraction of sp³-hybridized carbons (Fsp3) is 0.273. The van der Waals surface area contributed by atoms with Gasteiger partial charge in [0.05, 0.1) is 0 Å². The van der Waals surface area contributed by atoms with Crippen LogP contribution in [-0.2, 0) is 6.54 Å². The Hall–Kier alpha value is -2.92. The van der Waals surface area contributed by atoms with Gasteiger partial charge in [-0.1, -0.05) is 48.5 Å². The quantitative estimate of drug-likeness (QED) is 0.749. The van der Waals surface area contributed by atoms with Gasteiger partial charge in [-0.25, -0.2) is 4.98 Å². The maximum atomic E-state index is 5.93. The first-order chi connectivity index (χ1) is 13.3. The first kappa shape index (κ1) is 17.5. The lowest BCUT2D eigenvalue weighted by Crippen LogP contribution is -2.43. The Balaban J connectivity index is 1.50. The van der Waals surface area contributed by atoms with Gasteiger partial charge < -0.3 is 10.6 Å². The number of nitrogens with zero attached hydrogens (tertiary/aromatic N) is 4. The van der Waals surface area contributed by atoms with Crippen molar-refractivity contribution in [2.24, 2.45) is 0 Å². The minimum Gasteiger partial charge on any atom is -0.384 e. The molecule has 1 aliphatic rings. The molecule has 0 unspecified atom stereocenters. The van der Waals surface area contributed by atoms with Crippen LogP contribution in [-0.4, -0.2) is 34.0 Å². The Bertz CT molecular complexity index is 845. The van der Waals surface area contributed by atoms with Crippen LogP contribution in [0.5, 0.6) is 0 Å². The van der Waals surface area contributed by atoms with Gasteiger partial charge in [-0.05, 0) is 36.6 Å². The monoisotopic (exact) mass is 359 g/mol. The number of nitrogen functional groups attached to an aromatic ring is 1. The van der Waals surface area contributed by atoms with E-state index >= 15 is 0 Å². The molecule has 2 N–H and O–H groups in total. The second-order valence-corrected chi connectivity index (χ2v) is 6.98. The van der Waals surface area contributed by atoms with Crippen LogP contribution >= 0.6 is 0 Å². The van der Waals surface area contributed by atoms with Crippen LogP contribution < -0.4 is 10.6 Å². The van der Waals surface area contributed by atoms with Crippen molar-refractivity contribution in [1.29, 1.82) is 0 Å². The first-order valence-corrected chi connectivity index (χ1v) is 9.49. The third-order valence-electron chi connectivity index (χ3n) is 5.09. The summed E-state index contributed by atoms with van der Waals surface area (Å²) in [4.78, 5) is 13.8. The summed E-state index contributed by atoms with van der Waals surface area (Å²) in [5, 5.41) is 0. The molecule has 1 fully saturated rings. The average Bonchev–Trinajstić information content (AvgIpc) is 2.71. The zero-order valence-corrected chi connectivity index (χ0v) is 15.4. The molecule has 27 heavy (non-hydrogen) atoms. The molecule has 3 aromatic rings. The first-order valence-electron chi connectivity index (χ1n) is 9.49. The third kappa shape index (κ3) is 4.26. The zero-order valence-electron chi connectivity index (χ0n) is 15.4. The predicted molar refractivity (Wildman–Crippen MR) is 110 cm³/mol. The third-order valence-corrected chi connectivity index (χ3v) is 5.09. The molecule has 4 rings (SSSR count). The van der Waals surface area contributed by atoms with Crippen molar-refractivity contribution in [1.82, 2.24) is 14.9 Å². The van der Waals surface area contributed by atoms with Gasteiger partial charge in [0.25, 0.3) is 0 Å². The van der Waals surface area contributed by atoms with Gasteiger partial charge in [-0.15, -0.1) is 0 Å². The minimum atomic E-state index is 0.362. The van der Waals surface area contributed by atoms with Crippen LogP contribution in [0.25, 0.3) is 0 Å². The number of nitrogens with two attached hydrogens (primary N) is 1. The van der Waals surface area contributed by atoms with Crippen molar-refractivity contribution in [3.05, 3.63) is 78.5 Å². The molecular weight excluding hydrogens is 334 g/mol. The van der Waals surface area contributed by atoms with Gasteiger partial charge >= 0.3 is 0 Å². The van der Waals surface area contributed by atoms with E-state index in [-0.39, 0.29) is 0 Å². The summed E-state index contributed by atoms with van der Waals surface area (Å²) in [6, 6.07) is 23.1. The molecule has 0 amide bonds. The zero-order chi connectivity index (χ0) is 18.5. The maximum absolute atomic E-state index is 5.93. The molecule has 0 atom stereocenters. The highest BCUT2D eigenvalue weighted by Crippen LogP contribution is 2.30. The Morgan fingerprint density at radius 1 is 0.926 bits per heavy atom. The van der Waals surface area contributed by atoms with E-state index in [1.165, 1.54) is 5.56 Å². The van der Waals surface area contributed by atoms with E-state index in [1.54, 1.807) is 12.3 Å². The fourth-order valence-corrected chi connectivity index (χ4v) is 3.73. The summed E-state index contributed by atoms with van der Waals surface area (Å²) in [7, 11) is 0. The van der Waals surface area contributed by atoms with Gasteiger partial charge in [-0.2, -0.15) is 4.98 Å². The molecule has 0 aliphatic carbocycles. The highest BCUT2D eigenvalue weighted by Gasteiger charge is 2.27. The molecule has 138 valence electrons. The van der Waals surface area contributed by atoms with Crippen molar-refractivity contribution >= 4 is 17.5 Å². The minimum absolute atomic E-state index is 0.362. The number of para-hydroxylation sites is 1. The second kappa shape index (κ2) is 8.18. The number of piperidine rings is 1. The summed E-state index contributed by atoms with van der Waals surface area (Å²) < 4.78 is 0. The maximum Gasteiger partial charge on any atom is 0.232 e. The predicted octanol–water partition coefficient (Wildman–Crippen LogP) is 3.86. The van der Waals surface area contributed by atoms with Crippen LogP contribution in [0.2, 0.25) is 0 Å². The molecule has 2 heterocycles. The van der Waals surface area contributed by atoms with E-state index in [0.29, 0.717) is 17.8 Å². The molecule has 5 heteroatoms. The molecule has 1 aromatic heterocycles. The molecule has 2 aromatic carbocycles. The fourth-order valence-electron chi connectivity index (χ4n) is 3.73. The topological polar surface area (TPSA) is 58.3 Å². The smallest absolute Gasteiger partial charge is 0.232 e. The van der Waals surface area contributed by atoms with E-state index in [2.05, 4.69) is 74.4 Å². The standard InChI is InChI=1S/C22H25N5/c23-21-11-14-24-22(25-21)27(19-9-5-2-6-10-19)20-12-15-26(16-13-20)17-18-7-3-1-4-8-18/h1-11,14,20H,12-13,15-17H2,(H2,23,24,25). The van der Waals surface area contributed by atoms with E-state index in [9.17, 15) is 0 Å². The van der Waals surface area contributed by atoms with Gasteiger partial charge in [0.1, 0.15) is 5.82 Å². The highest BCUT2D eigenvalue weighted by molar-refractivity contribution is 5.59. The molecule has 0 bridgehead atoms. The number of benzene rings is 2. The lowest BCUT2D eigenvalue weighted by Gasteiger charge is -2.38. The molecule has 5 nitrogen and oxygen atoms in total. The van der Waals surface area contributed by atoms with Crippen molar-refractivity contribution in [3.8, 4) is 0 Å². The number of likely N-dealkylation sites (tertiary alicyclic amines) is 1. The van der Waals surface area contributed by atoms with E-state index in [0.717, 1.165) is 38.2 Å². The van der Waals surface area contributed by atoms with Crippen LogP contribution in [0.15, 0.2) is 72.9 Å². The largest absolute Gasteiger partial charge is 0.384 e. The number of rotatable bonds is 5. The Kier molecular flexibility index (Phi) is 5.30. The SMILES string of the molecule is Nc1ccnc(N(c2ccccc2)C2CCN(Cc3ccccc3)CC2)n1. The summed E-state index contributed by atoms with van der Waals surface area (Å²) in [6.07, 6.45) is 3.87. The Morgan fingerprint density at radius 2 is 1.59 bits per heavy atom. The summed E-state index contributed by atoms with van der Waals surface area (Å²) in [5.74, 6) is 1.19. The number of anilines is 3. The number of aromatic nitrogens is 2. The van der Waals surface area contributed by atoms with Crippen LogP contribution in [0.1, 0.15) is 18.4 Å². The molecule has 0 spiro atoms. The van der Waals surface area contributed by atoms with Gasteiger partial charge in [0.2, 0.25) is 5.95 Å². The van der Waals surface area contributed by atoms with E-state index < -0.39 is 0 Å². The Morgan fingerprint density at radius 3 is 2.26 bits per heavy atom. The average molecular weight is 359 g/mol. The van der Waals surface area contributed by atoms with Crippen LogP contribution in [0, 0.1) is 0 Å². The molecule has 1 saturated heterocycles. The number of hydrogen-bond acceptors (Lipinski definition) is 5. The lowest BCUT2D eigenvalue weighted by atomic mass is 10.0. The van der Waals surface area contributed by atoms with E-state index in [4.69, 9.17) is 5.73 Å². The van der Waals surface area contributed by atoms with Crippen molar-refractivity contribution in [2.45, 2.75) is 25.4 Å². The van der Waals surface area contributed by atoms with Crippen molar-refractivity contribution in [3.63, 3.8) is 0 Å². The molecule has 1 aliphatic heterocycles. The highest BCUT2D eigenvalue weighted by atomic mass is 15.3. The van der Waals surface area contributed by atoms with E-state index in [1.807, 2.05) is 6.07 Å². The van der Waals surface area contributed by atoms with Crippen LogP contribution in [0.3, 0.4) is 0 Å². The van der Waals surface area contributed by atoms with Crippen molar-refractivity contribution in [2.75, 3.05) is 23.7 Å². The lowest BCUT2D eigenvalue weighted by molar-refractivity contribution is 0.204. The molecule has 0 radical (unpaired) electrons. The molecule has 0 saturated carbocycles. The van der Waals surface area contributed by atoms with Gasteiger partial charge in [0, 0.05) is 37.6 Å². The Labute approximate surface area is 160 Å². The van der Waals surface area contributed by atoms with Crippen LogP contribution in [0.4, 0.5) is 17.5 Å². The summed E-state index contributed by atoms with van der Waals surface area (Å²) >= 11 is 0. The van der Waals surface area contributed by atoms with Gasteiger partial charge in [0.15, 0.2) is 0 Å².